The topological polar surface area (TPSA) is 35.8 Å². The number of fused-ring (bicyclic) bond motifs is 1. The van der Waals surface area contributed by atoms with E-state index < -0.39 is 0 Å². The van der Waals surface area contributed by atoms with E-state index in [1.165, 1.54) is 29.7 Å². The van der Waals surface area contributed by atoms with Crippen molar-refractivity contribution in [1.29, 1.82) is 5.26 Å². The molecule has 1 aliphatic carbocycles. The van der Waals surface area contributed by atoms with Crippen molar-refractivity contribution in [2.75, 3.05) is 0 Å². The molecule has 3 rings (SSSR count). The third-order valence-electron chi connectivity index (χ3n) is 3.48. The van der Waals surface area contributed by atoms with E-state index in [4.69, 9.17) is 5.26 Å². The summed E-state index contributed by atoms with van der Waals surface area (Å²) in [6.07, 6.45) is 3.86. The minimum atomic E-state index is 0.731. The van der Waals surface area contributed by atoms with Crippen LogP contribution in [-0.2, 0) is 25.9 Å². The Morgan fingerprint density at radius 2 is 2.16 bits per heavy atom. The molecule has 3 heteroatoms. The van der Waals surface area contributed by atoms with Gasteiger partial charge in [0.05, 0.1) is 11.6 Å². The summed E-state index contributed by atoms with van der Waals surface area (Å²) >= 11 is 1.95. The second kappa shape index (κ2) is 5.56. The lowest BCUT2D eigenvalue weighted by Crippen LogP contribution is -2.11. The fraction of sp³-hybridized carbons (Fsp3) is 0.312. The average molecular weight is 268 g/mol. The third-order valence-corrected chi connectivity index (χ3v) is 4.72. The van der Waals surface area contributed by atoms with Gasteiger partial charge in [0.2, 0.25) is 0 Å². The maximum atomic E-state index is 8.86. The molecule has 0 bridgehead atoms. The molecule has 19 heavy (non-hydrogen) atoms. The lowest BCUT2D eigenvalue weighted by Gasteiger charge is -2.03. The lowest BCUT2D eigenvalue weighted by atomic mass is 10.1. The van der Waals surface area contributed by atoms with Gasteiger partial charge in [-0.1, -0.05) is 12.1 Å². The Kier molecular flexibility index (Phi) is 3.63. The molecule has 96 valence electrons. The number of aryl methyl sites for hydroxylation is 2. The Balaban J connectivity index is 1.56. The molecule has 2 nitrogen and oxygen atoms in total. The van der Waals surface area contributed by atoms with E-state index in [-0.39, 0.29) is 0 Å². The van der Waals surface area contributed by atoms with Gasteiger partial charge < -0.3 is 5.32 Å². The van der Waals surface area contributed by atoms with Crippen LogP contribution in [0, 0.1) is 11.3 Å². The summed E-state index contributed by atoms with van der Waals surface area (Å²) in [5.41, 5.74) is 3.46. The Morgan fingerprint density at radius 3 is 3.00 bits per heavy atom. The van der Waals surface area contributed by atoms with Crippen molar-refractivity contribution in [2.24, 2.45) is 0 Å². The van der Waals surface area contributed by atoms with Crippen LogP contribution in [0.3, 0.4) is 0 Å². The van der Waals surface area contributed by atoms with Crippen LogP contribution in [0.15, 0.2) is 30.3 Å². The molecule has 1 heterocycles. The van der Waals surface area contributed by atoms with E-state index in [1.807, 2.05) is 29.5 Å². The van der Waals surface area contributed by atoms with Gasteiger partial charge in [-0.25, -0.2) is 0 Å². The number of rotatable bonds is 4. The fourth-order valence-electron chi connectivity index (χ4n) is 2.56. The van der Waals surface area contributed by atoms with Crippen molar-refractivity contribution >= 4 is 11.3 Å². The first kappa shape index (κ1) is 12.4. The number of benzene rings is 1. The molecule has 0 saturated carbocycles. The molecule has 2 aromatic rings. The molecule has 1 aromatic carbocycles. The van der Waals surface area contributed by atoms with Crippen molar-refractivity contribution in [2.45, 2.75) is 32.4 Å². The van der Waals surface area contributed by atoms with Crippen LogP contribution in [0.5, 0.6) is 0 Å². The van der Waals surface area contributed by atoms with E-state index in [9.17, 15) is 0 Å². The molecule has 1 N–H and O–H groups in total. The van der Waals surface area contributed by atoms with E-state index >= 15 is 0 Å². The summed E-state index contributed by atoms with van der Waals surface area (Å²) in [4.78, 5) is 3.02. The molecule has 0 radical (unpaired) electrons. The minimum Gasteiger partial charge on any atom is -0.308 e. The van der Waals surface area contributed by atoms with Gasteiger partial charge >= 0.3 is 0 Å². The van der Waals surface area contributed by atoms with Gasteiger partial charge in [0.15, 0.2) is 0 Å². The van der Waals surface area contributed by atoms with E-state index in [0.717, 1.165) is 18.7 Å². The van der Waals surface area contributed by atoms with Crippen molar-refractivity contribution in [3.05, 3.63) is 56.8 Å². The molecule has 0 saturated heterocycles. The van der Waals surface area contributed by atoms with Gasteiger partial charge in [0.1, 0.15) is 0 Å². The average Bonchev–Trinajstić information content (AvgIpc) is 3.00. The smallest absolute Gasteiger partial charge is 0.0991 e. The molecule has 1 aliphatic rings. The highest BCUT2D eigenvalue weighted by atomic mass is 32.1. The molecular weight excluding hydrogens is 252 g/mol. The zero-order chi connectivity index (χ0) is 13.1. The molecule has 0 atom stereocenters. The van der Waals surface area contributed by atoms with E-state index in [0.29, 0.717) is 0 Å². The van der Waals surface area contributed by atoms with Gasteiger partial charge in [0, 0.05) is 22.8 Å². The molecule has 0 spiro atoms. The van der Waals surface area contributed by atoms with Crippen LogP contribution in [0.4, 0.5) is 0 Å². The number of thiophene rings is 1. The maximum absolute atomic E-state index is 8.86. The number of hydrogen-bond donors (Lipinski definition) is 1. The summed E-state index contributed by atoms with van der Waals surface area (Å²) < 4.78 is 0. The van der Waals surface area contributed by atoms with Crippen molar-refractivity contribution in [3.8, 4) is 6.07 Å². The summed E-state index contributed by atoms with van der Waals surface area (Å²) in [6.45, 7) is 1.74. The monoisotopic (exact) mass is 268 g/mol. The molecule has 1 aromatic heterocycles. The predicted octanol–water partition coefficient (Wildman–Crippen LogP) is 3.40. The number of hydrogen-bond acceptors (Lipinski definition) is 3. The lowest BCUT2D eigenvalue weighted by molar-refractivity contribution is 0.700. The van der Waals surface area contributed by atoms with Gasteiger partial charge in [-0.05, 0) is 48.6 Å². The summed E-state index contributed by atoms with van der Waals surface area (Å²) in [5.74, 6) is 0. The van der Waals surface area contributed by atoms with Crippen LogP contribution in [-0.4, -0.2) is 0 Å². The molecule has 0 aliphatic heterocycles. The standard InChI is InChI=1S/C16H16N2S/c17-9-12-3-1-4-13(7-12)10-18-11-15-8-14-5-2-6-16(14)19-15/h1,3-4,7-8,18H,2,5-6,10-11H2. The fourth-order valence-corrected chi connectivity index (χ4v) is 3.79. The maximum Gasteiger partial charge on any atom is 0.0991 e. The number of nitriles is 1. The second-order valence-corrected chi connectivity index (χ2v) is 6.15. The number of nitrogens with one attached hydrogen (secondary N) is 1. The quantitative estimate of drug-likeness (QED) is 0.922. The SMILES string of the molecule is N#Cc1cccc(CNCc2cc3c(s2)CCC3)c1. The molecule has 0 unspecified atom stereocenters. The summed E-state index contributed by atoms with van der Waals surface area (Å²) in [6, 6.07) is 12.3. The first-order valence-corrected chi connectivity index (χ1v) is 7.47. The van der Waals surface area contributed by atoms with Crippen LogP contribution in [0.2, 0.25) is 0 Å². The van der Waals surface area contributed by atoms with Crippen molar-refractivity contribution in [3.63, 3.8) is 0 Å². The molecular formula is C16H16N2S. The van der Waals surface area contributed by atoms with E-state index in [1.54, 1.807) is 10.4 Å². The number of nitrogens with zero attached hydrogens (tertiary/aromatic N) is 1. The summed E-state index contributed by atoms with van der Waals surface area (Å²) in [5, 5.41) is 12.3. The Hall–Kier alpha value is -1.63. The zero-order valence-electron chi connectivity index (χ0n) is 10.8. The predicted molar refractivity (Wildman–Crippen MR) is 78.0 cm³/mol. The van der Waals surface area contributed by atoms with Crippen LogP contribution in [0.25, 0.3) is 0 Å². The van der Waals surface area contributed by atoms with Crippen molar-refractivity contribution in [1.82, 2.24) is 5.32 Å². The van der Waals surface area contributed by atoms with Crippen molar-refractivity contribution < 1.29 is 0 Å². The highest BCUT2D eigenvalue weighted by molar-refractivity contribution is 7.12. The van der Waals surface area contributed by atoms with Crippen LogP contribution >= 0.6 is 11.3 Å². The normalized spacial score (nSPS) is 13.2. The molecule has 0 fully saturated rings. The third kappa shape index (κ3) is 2.86. The molecule has 0 amide bonds. The largest absolute Gasteiger partial charge is 0.308 e. The zero-order valence-corrected chi connectivity index (χ0v) is 11.6. The van der Waals surface area contributed by atoms with Crippen LogP contribution in [0.1, 0.15) is 32.9 Å². The Bertz CT molecular complexity index is 600. The summed E-state index contributed by atoms with van der Waals surface area (Å²) in [7, 11) is 0. The highest BCUT2D eigenvalue weighted by Gasteiger charge is 2.14. The van der Waals surface area contributed by atoms with Gasteiger partial charge in [-0.2, -0.15) is 5.26 Å². The Morgan fingerprint density at radius 1 is 1.21 bits per heavy atom. The first-order valence-electron chi connectivity index (χ1n) is 6.65. The Labute approximate surface area is 117 Å². The van der Waals surface area contributed by atoms with Crippen LogP contribution < -0.4 is 5.32 Å². The highest BCUT2D eigenvalue weighted by Crippen LogP contribution is 2.30. The minimum absolute atomic E-state index is 0.731. The van der Waals surface area contributed by atoms with E-state index in [2.05, 4.69) is 23.5 Å². The second-order valence-electron chi connectivity index (χ2n) is 4.93. The first-order chi connectivity index (χ1) is 9.35. The van der Waals surface area contributed by atoms with Gasteiger partial charge in [0.25, 0.3) is 0 Å². The van der Waals surface area contributed by atoms with Gasteiger partial charge in [-0.3, -0.25) is 0 Å². The van der Waals surface area contributed by atoms with Gasteiger partial charge in [-0.15, -0.1) is 11.3 Å².